The van der Waals surface area contributed by atoms with Crippen LogP contribution in [-0.4, -0.2) is 39.2 Å². The van der Waals surface area contributed by atoms with Gasteiger partial charge in [0.05, 0.1) is 24.9 Å². The van der Waals surface area contributed by atoms with E-state index in [2.05, 4.69) is 25.8 Å². The molecule has 0 aliphatic carbocycles. The Balaban J connectivity index is 1.75. The highest BCUT2D eigenvalue weighted by Gasteiger charge is 2.41. The van der Waals surface area contributed by atoms with Crippen LogP contribution >= 0.6 is 12.2 Å². The summed E-state index contributed by atoms with van der Waals surface area (Å²) >= 11 is 5.71. The summed E-state index contributed by atoms with van der Waals surface area (Å²) in [5.41, 5.74) is 4.75. The molecule has 3 aromatic rings. The van der Waals surface area contributed by atoms with Crippen LogP contribution < -0.4 is 5.32 Å². The number of carbonyl (C=O) groups is 1. The van der Waals surface area contributed by atoms with Crippen molar-refractivity contribution in [3.8, 4) is 5.69 Å². The zero-order chi connectivity index (χ0) is 23.5. The zero-order valence-electron chi connectivity index (χ0n) is 18.9. The van der Waals surface area contributed by atoms with Crippen molar-refractivity contribution in [2.24, 2.45) is 0 Å². The van der Waals surface area contributed by atoms with Crippen molar-refractivity contribution in [3.63, 3.8) is 0 Å². The van der Waals surface area contributed by atoms with E-state index in [9.17, 15) is 9.18 Å². The van der Waals surface area contributed by atoms with Crippen molar-refractivity contribution in [3.05, 3.63) is 83.2 Å². The predicted molar refractivity (Wildman–Crippen MR) is 129 cm³/mol. The number of aryl methyl sites for hydroxylation is 1. The van der Waals surface area contributed by atoms with Gasteiger partial charge < -0.3 is 19.5 Å². The molecular weight excluding hydrogens is 439 g/mol. The van der Waals surface area contributed by atoms with Crippen LogP contribution in [0.4, 0.5) is 4.39 Å². The predicted octanol–water partition coefficient (Wildman–Crippen LogP) is 4.55. The lowest BCUT2D eigenvalue weighted by molar-refractivity contribution is -0.140. The van der Waals surface area contributed by atoms with E-state index < -0.39 is 0 Å². The van der Waals surface area contributed by atoms with Crippen LogP contribution in [0.3, 0.4) is 0 Å². The van der Waals surface area contributed by atoms with E-state index in [1.54, 1.807) is 12.3 Å². The molecule has 2 atom stereocenters. The Morgan fingerprint density at radius 3 is 2.73 bits per heavy atom. The number of rotatable bonds is 7. The molecule has 0 spiro atoms. The maximum Gasteiger partial charge on any atom is 0.305 e. The third-order valence-electron chi connectivity index (χ3n) is 6.06. The number of carbonyl (C=O) groups excluding carboxylic acids is 1. The Morgan fingerprint density at radius 2 is 2.03 bits per heavy atom. The number of methoxy groups -OCH3 is 1. The molecule has 1 aliphatic rings. The molecule has 1 aliphatic heterocycles. The number of hydrogen-bond acceptors (Lipinski definition) is 4. The number of nitrogens with one attached hydrogen (secondary N) is 1. The lowest BCUT2D eigenvalue weighted by Crippen LogP contribution is -2.31. The summed E-state index contributed by atoms with van der Waals surface area (Å²) in [6.07, 6.45) is 2.70. The first-order chi connectivity index (χ1) is 15.9. The quantitative estimate of drug-likeness (QED) is 0.407. The molecule has 4 rings (SSSR count). The third-order valence-corrected chi connectivity index (χ3v) is 6.41. The minimum atomic E-state index is -0.277. The monoisotopic (exact) mass is 466 g/mol. The van der Waals surface area contributed by atoms with E-state index in [4.69, 9.17) is 17.0 Å². The number of benzene rings is 1. The molecule has 6 nitrogen and oxygen atoms in total. The zero-order valence-corrected chi connectivity index (χ0v) is 19.7. The maximum absolute atomic E-state index is 14.0. The molecule has 2 aromatic heterocycles. The average Bonchev–Trinajstić information content (AvgIpc) is 3.29. The number of hydrogen-bond donors (Lipinski definition) is 1. The van der Waals surface area contributed by atoms with Gasteiger partial charge in [-0.3, -0.25) is 9.78 Å². The van der Waals surface area contributed by atoms with Crippen LogP contribution in [-0.2, 0) is 9.53 Å². The topological polar surface area (TPSA) is 59.4 Å². The number of pyridine rings is 1. The fraction of sp³-hybridized carbons (Fsp3) is 0.320. The average molecular weight is 467 g/mol. The summed E-state index contributed by atoms with van der Waals surface area (Å²) in [5, 5.41) is 4.06. The van der Waals surface area contributed by atoms with E-state index in [1.165, 1.54) is 19.2 Å². The largest absolute Gasteiger partial charge is 0.469 e. The number of halogens is 1. The molecule has 1 N–H and O–H groups in total. The summed E-state index contributed by atoms with van der Waals surface area (Å²) in [4.78, 5) is 18.4. The molecule has 0 amide bonds. The van der Waals surface area contributed by atoms with Crippen molar-refractivity contribution < 1.29 is 13.9 Å². The number of nitrogens with zero attached hydrogens (tertiary/aromatic N) is 3. The van der Waals surface area contributed by atoms with Gasteiger partial charge in [0, 0.05) is 36.2 Å². The highest BCUT2D eigenvalue weighted by Crippen LogP contribution is 2.41. The minimum absolute atomic E-state index is 0.126. The van der Waals surface area contributed by atoms with Gasteiger partial charge in [0.1, 0.15) is 5.82 Å². The Labute approximate surface area is 198 Å². The Hall–Kier alpha value is -3.26. The second-order valence-corrected chi connectivity index (χ2v) is 8.53. The summed E-state index contributed by atoms with van der Waals surface area (Å²) in [7, 11) is 1.39. The van der Waals surface area contributed by atoms with Gasteiger partial charge in [-0.15, -0.1) is 0 Å². The van der Waals surface area contributed by atoms with Crippen LogP contribution in [0, 0.1) is 19.7 Å². The van der Waals surface area contributed by atoms with Crippen LogP contribution in [0.2, 0.25) is 0 Å². The second kappa shape index (κ2) is 9.70. The van der Waals surface area contributed by atoms with Crippen molar-refractivity contribution in [2.75, 3.05) is 13.7 Å². The summed E-state index contributed by atoms with van der Waals surface area (Å²) in [6, 6.07) is 14.3. The number of ether oxygens (including phenoxy) is 1. The van der Waals surface area contributed by atoms with Gasteiger partial charge in [-0.25, -0.2) is 4.39 Å². The first kappa shape index (κ1) is 22.9. The van der Waals surface area contributed by atoms with E-state index in [1.807, 2.05) is 38.1 Å². The van der Waals surface area contributed by atoms with Crippen LogP contribution in [0.5, 0.6) is 0 Å². The fourth-order valence-electron chi connectivity index (χ4n) is 4.58. The molecule has 1 fully saturated rings. The first-order valence-corrected chi connectivity index (χ1v) is 11.3. The number of aromatic nitrogens is 2. The molecule has 33 heavy (non-hydrogen) atoms. The van der Waals surface area contributed by atoms with Gasteiger partial charge in [0.25, 0.3) is 0 Å². The molecule has 1 saturated heterocycles. The normalized spacial score (nSPS) is 17.8. The maximum atomic E-state index is 14.0. The van der Waals surface area contributed by atoms with Crippen LogP contribution in [0.25, 0.3) is 5.69 Å². The molecule has 0 bridgehead atoms. The Kier molecular flexibility index (Phi) is 6.74. The summed E-state index contributed by atoms with van der Waals surface area (Å²) in [6.45, 7) is 4.65. The van der Waals surface area contributed by atoms with Crippen molar-refractivity contribution in [1.29, 1.82) is 0 Å². The Bertz CT molecular complexity index is 1160. The van der Waals surface area contributed by atoms with E-state index >= 15 is 0 Å². The SMILES string of the molecule is COC(=O)CCCN1C(=S)N[C@@H](c2ccccn2)[C@H]1c1cc(C)n(-c2cccc(F)c2)c1C. The summed E-state index contributed by atoms with van der Waals surface area (Å²) in [5.74, 6) is -0.517. The van der Waals surface area contributed by atoms with Gasteiger partial charge in [-0.05, 0) is 74.4 Å². The van der Waals surface area contributed by atoms with Crippen molar-refractivity contribution >= 4 is 23.3 Å². The smallest absolute Gasteiger partial charge is 0.305 e. The van der Waals surface area contributed by atoms with Crippen molar-refractivity contribution in [1.82, 2.24) is 19.8 Å². The summed E-state index contributed by atoms with van der Waals surface area (Å²) < 4.78 is 20.8. The molecular formula is C25H27FN4O2S. The molecule has 0 unspecified atom stereocenters. The fourth-order valence-corrected chi connectivity index (χ4v) is 4.91. The highest BCUT2D eigenvalue weighted by molar-refractivity contribution is 7.80. The van der Waals surface area contributed by atoms with E-state index in [-0.39, 0.29) is 23.9 Å². The van der Waals surface area contributed by atoms with Crippen molar-refractivity contribution in [2.45, 2.75) is 38.8 Å². The van der Waals surface area contributed by atoms with Gasteiger partial charge in [0.15, 0.2) is 5.11 Å². The minimum Gasteiger partial charge on any atom is -0.469 e. The number of thiocarbonyl (C=S) groups is 1. The molecule has 0 saturated carbocycles. The third kappa shape index (κ3) is 4.61. The molecule has 3 heterocycles. The lowest BCUT2D eigenvalue weighted by atomic mass is 9.96. The lowest BCUT2D eigenvalue weighted by Gasteiger charge is -2.28. The first-order valence-electron chi connectivity index (χ1n) is 10.9. The van der Waals surface area contributed by atoms with E-state index in [0.717, 1.165) is 28.3 Å². The standard InChI is InChI=1S/C25H27FN4O2S/c1-16-14-20(17(2)30(16)19-9-6-8-18(26)15-19)24-23(21-10-4-5-12-27-21)28-25(33)29(24)13-7-11-22(31)32-3/h4-6,8-10,12,14-15,23-24H,7,11,13H2,1-3H3,(H,28,33)/t23-,24+/m0/s1. The molecule has 1 aromatic carbocycles. The number of esters is 1. The molecule has 172 valence electrons. The van der Waals surface area contributed by atoms with Gasteiger partial charge in [-0.1, -0.05) is 12.1 Å². The molecule has 8 heteroatoms. The van der Waals surface area contributed by atoms with Gasteiger partial charge in [-0.2, -0.15) is 0 Å². The Morgan fingerprint density at radius 1 is 1.21 bits per heavy atom. The van der Waals surface area contributed by atoms with E-state index in [0.29, 0.717) is 24.5 Å². The highest BCUT2D eigenvalue weighted by atomic mass is 32.1. The van der Waals surface area contributed by atoms with Crippen LogP contribution in [0.15, 0.2) is 54.7 Å². The van der Waals surface area contributed by atoms with Gasteiger partial charge in [0.2, 0.25) is 0 Å². The second-order valence-electron chi connectivity index (χ2n) is 8.14. The molecule has 0 radical (unpaired) electrons. The van der Waals surface area contributed by atoms with Gasteiger partial charge >= 0.3 is 5.97 Å². The van der Waals surface area contributed by atoms with Crippen LogP contribution in [0.1, 0.15) is 47.6 Å².